The lowest BCUT2D eigenvalue weighted by Gasteiger charge is -2.10. The maximum atomic E-state index is 12.1. The van der Waals surface area contributed by atoms with Gasteiger partial charge in [-0.05, 0) is 23.4 Å². The molecule has 0 amide bonds. The van der Waals surface area contributed by atoms with E-state index in [1.807, 2.05) is 0 Å². The summed E-state index contributed by atoms with van der Waals surface area (Å²) in [6.45, 7) is 0.591. The van der Waals surface area contributed by atoms with E-state index >= 15 is 0 Å². The SMILES string of the molecule is O=C(CSCCSCC[S+]([O-])CSCCSCOC(=S)CSCCSCC(=O)OCCCO)OCCCO. The van der Waals surface area contributed by atoms with Crippen LogP contribution in [0.15, 0.2) is 0 Å². The van der Waals surface area contributed by atoms with Crippen LogP contribution < -0.4 is 0 Å². The van der Waals surface area contributed by atoms with Gasteiger partial charge in [0.05, 0.1) is 30.5 Å². The number of hydrogen-bond acceptors (Lipinski definition) is 15. The molecule has 8 nitrogen and oxygen atoms in total. The Morgan fingerprint density at radius 1 is 0.684 bits per heavy atom. The molecule has 0 bridgehead atoms. The molecule has 0 aromatic carbocycles. The molecule has 0 aliphatic heterocycles. The minimum absolute atomic E-state index is 0.0259. The Bertz CT molecular complexity index is 592. The average molecular weight is 689 g/mol. The number of carbonyl (C=O) groups excluding carboxylic acids is 2. The van der Waals surface area contributed by atoms with E-state index in [-0.39, 0.29) is 38.4 Å². The molecular weight excluding hydrogens is 649 g/mol. The van der Waals surface area contributed by atoms with E-state index < -0.39 is 11.2 Å². The lowest BCUT2D eigenvalue weighted by molar-refractivity contribution is -0.141. The van der Waals surface area contributed by atoms with Crippen molar-refractivity contribution < 1.29 is 38.6 Å². The molecule has 0 aliphatic carbocycles. The summed E-state index contributed by atoms with van der Waals surface area (Å²) in [4.78, 5) is 22.8. The predicted molar refractivity (Wildman–Crippen MR) is 176 cm³/mol. The number of aliphatic hydroxyl groups is 2. The van der Waals surface area contributed by atoms with Gasteiger partial charge in [0.15, 0.2) is 10.1 Å². The summed E-state index contributed by atoms with van der Waals surface area (Å²) < 4.78 is 27.6. The Morgan fingerprint density at radius 3 is 1.76 bits per heavy atom. The van der Waals surface area contributed by atoms with Gasteiger partial charge in [0.2, 0.25) is 0 Å². The molecule has 0 saturated carbocycles. The quantitative estimate of drug-likeness (QED) is 0.0411. The third kappa shape index (κ3) is 30.1. The maximum absolute atomic E-state index is 12.1. The Hall–Kier alpha value is 1.16. The summed E-state index contributed by atoms with van der Waals surface area (Å²) >= 11 is 14.3. The second-order valence-electron chi connectivity index (χ2n) is 7.08. The minimum atomic E-state index is -0.825. The minimum Gasteiger partial charge on any atom is -0.616 e. The number of aliphatic hydroxyl groups excluding tert-OH is 2. The molecule has 0 aromatic rings. The van der Waals surface area contributed by atoms with E-state index in [1.54, 1.807) is 47.0 Å². The summed E-state index contributed by atoms with van der Waals surface area (Å²) in [7, 11) is 0. The first-order chi connectivity index (χ1) is 18.5. The number of ether oxygens (including phenoxy) is 3. The molecule has 0 heterocycles. The van der Waals surface area contributed by atoms with Crippen LogP contribution in [0.2, 0.25) is 0 Å². The van der Waals surface area contributed by atoms with Crippen molar-refractivity contribution in [1.29, 1.82) is 0 Å². The monoisotopic (exact) mass is 688 g/mol. The van der Waals surface area contributed by atoms with Crippen molar-refractivity contribution in [2.45, 2.75) is 12.8 Å². The van der Waals surface area contributed by atoms with Crippen LogP contribution in [-0.4, -0.2) is 132 Å². The fourth-order valence-corrected chi connectivity index (χ4v) is 9.92. The van der Waals surface area contributed by atoms with Crippen LogP contribution >= 0.6 is 82.8 Å². The zero-order valence-electron chi connectivity index (χ0n) is 21.5. The van der Waals surface area contributed by atoms with Gasteiger partial charge in [0.25, 0.3) is 0 Å². The first-order valence-electron chi connectivity index (χ1n) is 12.0. The van der Waals surface area contributed by atoms with E-state index in [2.05, 4.69) is 0 Å². The number of esters is 2. The number of thiocarbonyl (C=S) groups is 1. The van der Waals surface area contributed by atoms with Crippen molar-refractivity contribution in [2.75, 3.05) is 101 Å². The highest BCUT2D eigenvalue weighted by Crippen LogP contribution is 2.14. The first kappa shape index (κ1) is 39.2. The number of hydrogen-bond donors (Lipinski definition) is 2. The van der Waals surface area contributed by atoms with Crippen molar-refractivity contribution in [2.24, 2.45) is 0 Å². The second kappa shape index (κ2) is 31.1. The van der Waals surface area contributed by atoms with Gasteiger partial charge >= 0.3 is 11.9 Å². The van der Waals surface area contributed by atoms with E-state index in [0.29, 0.717) is 51.9 Å². The van der Waals surface area contributed by atoms with Crippen LogP contribution in [-0.2, 0) is 35.0 Å². The molecule has 38 heavy (non-hydrogen) atoms. The first-order valence-corrected chi connectivity index (χ1v) is 20.8. The third-order valence-electron chi connectivity index (χ3n) is 3.88. The highest BCUT2D eigenvalue weighted by molar-refractivity contribution is 8.13. The maximum Gasteiger partial charge on any atom is 0.315 e. The zero-order valence-corrected chi connectivity index (χ0v) is 28.1. The molecule has 0 saturated heterocycles. The van der Waals surface area contributed by atoms with Gasteiger partial charge in [-0.2, -0.15) is 23.5 Å². The summed E-state index contributed by atoms with van der Waals surface area (Å²) in [6, 6.07) is 0. The molecule has 224 valence electrons. The summed E-state index contributed by atoms with van der Waals surface area (Å²) in [5, 5.41) is 18.5. The zero-order chi connectivity index (χ0) is 28.1. The van der Waals surface area contributed by atoms with Gasteiger partial charge in [0, 0.05) is 66.3 Å². The molecule has 0 radical (unpaired) electrons. The van der Waals surface area contributed by atoms with Crippen molar-refractivity contribution in [3.05, 3.63) is 0 Å². The Morgan fingerprint density at radius 2 is 1.18 bits per heavy atom. The smallest absolute Gasteiger partial charge is 0.315 e. The normalized spacial score (nSPS) is 11.8. The van der Waals surface area contributed by atoms with E-state index in [9.17, 15) is 14.1 Å². The average Bonchev–Trinajstić information content (AvgIpc) is 2.89. The van der Waals surface area contributed by atoms with Crippen molar-refractivity contribution in [3.63, 3.8) is 0 Å². The van der Waals surface area contributed by atoms with Gasteiger partial charge in [-0.1, -0.05) is 0 Å². The molecule has 1 atom stereocenters. The standard InChI is InChI=1S/C22H40O8S8/c23-3-1-5-28-20(25)15-33-8-7-32-13-14-38(27)19-37-12-11-36-18-30-22(31)17-35-10-9-34-16-21(26)29-6-2-4-24/h23-24H,1-19H2. The van der Waals surface area contributed by atoms with Crippen LogP contribution in [0, 0.1) is 0 Å². The van der Waals surface area contributed by atoms with E-state index in [4.69, 9.17) is 36.6 Å². The fourth-order valence-electron chi connectivity index (χ4n) is 2.08. The molecule has 0 rings (SSSR count). The van der Waals surface area contributed by atoms with Crippen LogP contribution in [0.1, 0.15) is 12.8 Å². The van der Waals surface area contributed by atoms with Gasteiger partial charge in [-0.15, -0.1) is 47.0 Å². The Labute approximate surface area is 261 Å². The Kier molecular flexibility index (Phi) is 32.1. The van der Waals surface area contributed by atoms with Crippen molar-refractivity contribution in [3.8, 4) is 0 Å². The second-order valence-corrected chi connectivity index (χ2v) is 16.2. The van der Waals surface area contributed by atoms with Gasteiger partial charge in [-0.3, -0.25) is 9.59 Å². The van der Waals surface area contributed by atoms with Crippen molar-refractivity contribution in [1.82, 2.24) is 0 Å². The highest BCUT2D eigenvalue weighted by atomic mass is 32.3. The molecule has 0 fully saturated rings. The van der Waals surface area contributed by atoms with Gasteiger partial charge < -0.3 is 29.0 Å². The Balaban J connectivity index is 3.37. The molecule has 0 aromatic heterocycles. The molecule has 0 spiro atoms. The molecule has 16 heteroatoms. The number of carbonyl (C=O) groups is 2. The summed E-state index contributed by atoms with van der Waals surface area (Å²) in [6.07, 6.45) is 0.947. The topological polar surface area (TPSA) is 125 Å². The number of thioether (sulfide) groups is 6. The molecule has 1 unspecified atom stereocenters. The molecule has 0 aliphatic rings. The van der Waals surface area contributed by atoms with E-state index in [0.717, 1.165) is 40.3 Å². The fraction of sp³-hybridized carbons (Fsp3) is 0.864. The van der Waals surface area contributed by atoms with Crippen LogP contribution in [0.25, 0.3) is 0 Å². The lowest BCUT2D eigenvalue weighted by Crippen LogP contribution is -2.12. The largest absolute Gasteiger partial charge is 0.616 e. The van der Waals surface area contributed by atoms with Crippen molar-refractivity contribution >= 4 is 111 Å². The molecular formula is C22H40O8S8. The predicted octanol–water partition coefficient (Wildman–Crippen LogP) is 3.24. The molecule has 2 N–H and O–H groups in total. The van der Waals surface area contributed by atoms with Gasteiger partial charge in [0.1, 0.15) is 11.7 Å². The van der Waals surface area contributed by atoms with Crippen LogP contribution in [0.3, 0.4) is 0 Å². The summed E-state index contributed by atoms with van der Waals surface area (Å²) in [5.41, 5.74) is 0. The summed E-state index contributed by atoms with van der Waals surface area (Å²) in [5.74, 6) is 8.17. The number of rotatable bonds is 28. The van der Waals surface area contributed by atoms with Gasteiger partial charge in [-0.25, -0.2) is 0 Å². The van der Waals surface area contributed by atoms with Crippen LogP contribution in [0.5, 0.6) is 0 Å². The lowest BCUT2D eigenvalue weighted by atomic mass is 10.5. The van der Waals surface area contributed by atoms with E-state index in [1.165, 1.54) is 23.5 Å². The van der Waals surface area contributed by atoms with Crippen LogP contribution in [0.4, 0.5) is 0 Å². The highest BCUT2D eigenvalue weighted by Gasteiger charge is 2.07. The third-order valence-corrected chi connectivity index (χ3v) is 12.8.